The van der Waals surface area contributed by atoms with Crippen LogP contribution >= 0.6 is 11.3 Å². The zero-order valence-corrected chi connectivity index (χ0v) is 20.6. The highest BCUT2D eigenvalue weighted by Gasteiger charge is 2.41. The summed E-state index contributed by atoms with van der Waals surface area (Å²) >= 11 is 1.82. The topological polar surface area (TPSA) is 90.3 Å². The van der Waals surface area contributed by atoms with Crippen LogP contribution in [-0.4, -0.2) is 77.8 Å². The van der Waals surface area contributed by atoms with Crippen molar-refractivity contribution in [2.75, 3.05) is 37.7 Å². The van der Waals surface area contributed by atoms with Crippen molar-refractivity contribution in [1.29, 1.82) is 0 Å². The van der Waals surface area contributed by atoms with E-state index in [9.17, 15) is 30.7 Å². The number of hydrogen-bond donors (Lipinski definition) is 2. The molecule has 1 aromatic carbocycles. The fourth-order valence-electron chi connectivity index (χ4n) is 3.92. The molecule has 2 aliphatic rings. The molecule has 0 bridgehead atoms. The van der Waals surface area contributed by atoms with Crippen molar-refractivity contribution >= 4 is 29.0 Å². The lowest BCUT2D eigenvalue weighted by molar-refractivity contribution is -0.193. The maximum Gasteiger partial charge on any atom is 0.490 e. The number of carboxylic acids is 2. The van der Waals surface area contributed by atoms with Gasteiger partial charge in [-0.15, -0.1) is 11.3 Å². The molecule has 212 valence electrons. The quantitative estimate of drug-likeness (QED) is 0.498. The fourth-order valence-corrected chi connectivity index (χ4v) is 4.67. The first-order valence-corrected chi connectivity index (χ1v) is 12.0. The minimum absolute atomic E-state index is 0.125. The lowest BCUT2D eigenvalue weighted by Gasteiger charge is -2.48. The highest BCUT2D eigenvalue weighted by molar-refractivity contribution is 7.09. The van der Waals surface area contributed by atoms with Gasteiger partial charge in [-0.25, -0.2) is 14.0 Å². The van der Waals surface area contributed by atoms with E-state index in [-0.39, 0.29) is 11.4 Å². The Morgan fingerprint density at radius 2 is 1.61 bits per heavy atom. The van der Waals surface area contributed by atoms with Gasteiger partial charge in [0.05, 0.1) is 12.2 Å². The molecule has 2 saturated heterocycles. The predicted molar refractivity (Wildman–Crippen MR) is 124 cm³/mol. The summed E-state index contributed by atoms with van der Waals surface area (Å²) in [5, 5.41) is 16.4. The van der Waals surface area contributed by atoms with E-state index in [0.717, 1.165) is 57.9 Å². The van der Waals surface area contributed by atoms with Gasteiger partial charge in [-0.05, 0) is 42.5 Å². The van der Waals surface area contributed by atoms with Crippen LogP contribution in [0.4, 0.5) is 36.4 Å². The van der Waals surface area contributed by atoms with Gasteiger partial charge in [-0.3, -0.25) is 4.90 Å². The van der Waals surface area contributed by atoms with Crippen molar-refractivity contribution in [3.63, 3.8) is 0 Å². The second kappa shape index (κ2) is 13.2. The van der Waals surface area contributed by atoms with Gasteiger partial charge in [0.2, 0.25) is 0 Å². The Labute approximate surface area is 217 Å². The molecule has 1 aromatic heterocycles. The second-order valence-corrected chi connectivity index (χ2v) is 9.46. The number of rotatable bonds is 3. The van der Waals surface area contributed by atoms with Crippen molar-refractivity contribution < 1.29 is 55.3 Å². The molecule has 3 heterocycles. The van der Waals surface area contributed by atoms with E-state index < -0.39 is 24.3 Å². The van der Waals surface area contributed by atoms with Crippen molar-refractivity contribution in [2.45, 2.75) is 37.3 Å². The highest BCUT2D eigenvalue weighted by Crippen LogP contribution is 2.32. The SMILES string of the molecule is Fc1cccc(N2CCCC3(CN(Cc4cccs4)CCO3)C2)c1.O=C(O)C(F)(F)F.O=C(O)C(F)(F)F. The van der Waals surface area contributed by atoms with Gasteiger partial charge >= 0.3 is 24.3 Å². The van der Waals surface area contributed by atoms with Crippen molar-refractivity contribution in [1.82, 2.24) is 4.90 Å². The lowest BCUT2D eigenvalue weighted by atomic mass is 9.90. The summed E-state index contributed by atoms with van der Waals surface area (Å²) in [5.41, 5.74) is 0.841. The molecule has 0 radical (unpaired) electrons. The van der Waals surface area contributed by atoms with Gasteiger partial charge < -0.3 is 19.8 Å². The summed E-state index contributed by atoms with van der Waals surface area (Å²) in [4.78, 5) is 24.0. The van der Waals surface area contributed by atoms with Crippen LogP contribution in [0.3, 0.4) is 0 Å². The molecule has 2 fully saturated rings. The molecule has 1 spiro atoms. The van der Waals surface area contributed by atoms with Gasteiger partial charge in [-0.1, -0.05) is 12.1 Å². The fraction of sp³-hybridized carbons (Fsp3) is 0.478. The van der Waals surface area contributed by atoms with Gasteiger partial charge in [0.15, 0.2) is 0 Å². The van der Waals surface area contributed by atoms with Gasteiger partial charge in [-0.2, -0.15) is 26.3 Å². The molecule has 2 aliphatic heterocycles. The maximum absolute atomic E-state index is 13.6. The predicted octanol–water partition coefficient (Wildman–Crippen LogP) is 5.03. The number of ether oxygens (including phenoxy) is 1. The molecule has 0 saturated carbocycles. The van der Waals surface area contributed by atoms with Gasteiger partial charge in [0, 0.05) is 43.3 Å². The monoisotopic (exact) mass is 574 g/mol. The number of carboxylic acid groups (broad SMARTS) is 2. The summed E-state index contributed by atoms with van der Waals surface area (Å²) in [6, 6.07) is 11.2. The normalized spacial score (nSPS) is 20.1. The van der Waals surface area contributed by atoms with Crippen LogP contribution in [0.25, 0.3) is 0 Å². The lowest BCUT2D eigenvalue weighted by Crippen LogP contribution is -2.59. The Balaban J connectivity index is 0.000000301. The number of nitrogens with zero attached hydrogens (tertiary/aromatic N) is 2. The number of alkyl halides is 6. The first-order chi connectivity index (χ1) is 17.6. The van der Waals surface area contributed by atoms with Crippen molar-refractivity contribution in [3.8, 4) is 0 Å². The van der Waals surface area contributed by atoms with E-state index in [1.165, 1.54) is 10.9 Å². The van der Waals surface area contributed by atoms with Gasteiger partial charge in [0.25, 0.3) is 0 Å². The largest absolute Gasteiger partial charge is 0.490 e. The Hall–Kier alpha value is -2.91. The minimum Gasteiger partial charge on any atom is -0.475 e. The molecule has 1 atom stereocenters. The van der Waals surface area contributed by atoms with E-state index >= 15 is 0 Å². The first-order valence-electron chi connectivity index (χ1n) is 11.1. The third kappa shape index (κ3) is 10.1. The number of aliphatic carboxylic acids is 2. The second-order valence-electron chi connectivity index (χ2n) is 8.43. The third-order valence-corrected chi connectivity index (χ3v) is 6.35. The molecule has 7 nitrogen and oxygen atoms in total. The molecular formula is C23H25F7N2O5S. The number of carbonyl (C=O) groups is 2. The van der Waals surface area contributed by atoms with Crippen LogP contribution in [0.5, 0.6) is 0 Å². The highest BCUT2D eigenvalue weighted by atomic mass is 32.1. The van der Waals surface area contributed by atoms with Gasteiger partial charge in [0.1, 0.15) is 5.82 Å². The van der Waals surface area contributed by atoms with E-state index in [4.69, 9.17) is 24.5 Å². The molecular weight excluding hydrogens is 549 g/mol. The number of piperidine rings is 1. The summed E-state index contributed by atoms with van der Waals surface area (Å²) in [5.74, 6) is -5.68. The Kier molecular flexibility index (Phi) is 10.9. The Morgan fingerprint density at radius 1 is 0.974 bits per heavy atom. The van der Waals surface area contributed by atoms with Crippen LogP contribution in [0.15, 0.2) is 41.8 Å². The Bertz CT molecular complexity index is 1020. The number of benzene rings is 1. The standard InChI is InChI=1S/C19H23FN2OS.2C2HF3O2/c20-16-4-1-5-17(12-16)22-8-3-7-19(15-22)14-21(9-10-23-19)13-18-6-2-11-24-18;2*3-2(4,5)1(6)7/h1-2,4-6,11-12H,3,7-10,13-15H2;2*(H,6,7). The molecule has 2 N–H and O–H groups in total. The van der Waals surface area contributed by atoms with Crippen molar-refractivity contribution in [2.24, 2.45) is 0 Å². The zero-order chi connectivity index (χ0) is 28.6. The summed E-state index contributed by atoms with van der Waals surface area (Å²) < 4.78 is 83.3. The van der Waals surface area contributed by atoms with Crippen LogP contribution in [-0.2, 0) is 20.9 Å². The number of halogens is 7. The molecule has 0 aliphatic carbocycles. The first kappa shape index (κ1) is 31.3. The van der Waals surface area contributed by atoms with Crippen LogP contribution in [0, 0.1) is 5.82 Å². The summed E-state index contributed by atoms with van der Waals surface area (Å²) in [6.07, 6.45) is -8.00. The molecule has 38 heavy (non-hydrogen) atoms. The molecule has 1 unspecified atom stereocenters. The smallest absolute Gasteiger partial charge is 0.475 e. The molecule has 0 amide bonds. The molecule has 15 heteroatoms. The number of hydrogen-bond acceptors (Lipinski definition) is 6. The number of morpholine rings is 1. The number of anilines is 1. The maximum atomic E-state index is 13.6. The van der Waals surface area contributed by atoms with Crippen LogP contribution in [0.2, 0.25) is 0 Å². The third-order valence-electron chi connectivity index (χ3n) is 5.48. The molecule has 2 aromatic rings. The minimum atomic E-state index is -5.08. The van der Waals surface area contributed by atoms with E-state index in [1.807, 2.05) is 17.4 Å². The van der Waals surface area contributed by atoms with E-state index in [0.29, 0.717) is 0 Å². The van der Waals surface area contributed by atoms with Crippen LogP contribution in [0.1, 0.15) is 17.7 Å². The van der Waals surface area contributed by atoms with E-state index in [2.05, 4.69) is 27.3 Å². The number of thiophene rings is 1. The zero-order valence-electron chi connectivity index (χ0n) is 19.8. The summed E-state index contributed by atoms with van der Waals surface area (Å²) in [6.45, 7) is 5.54. The summed E-state index contributed by atoms with van der Waals surface area (Å²) in [7, 11) is 0. The average Bonchev–Trinajstić information content (AvgIpc) is 3.32. The average molecular weight is 575 g/mol. The Morgan fingerprint density at radius 3 is 2.13 bits per heavy atom. The van der Waals surface area contributed by atoms with E-state index in [1.54, 1.807) is 12.1 Å². The van der Waals surface area contributed by atoms with Crippen LogP contribution < -0.4 is 4.90 Å². The van der Waals surface area contributed by atoms with Crippen molar-refractivity contribution in [3.05, 3.63) is 52.5 Å². The molecule has 4 rings (SSSR count).